The molecule has 19 heavy (non-hydrogen) atoms. The molecule has 0 aliphatic heterocycles. The molecule has 102 valence electrons. The van der Waals surface area contributed by atoms with E-state index in [0.29, 0.717) is 0 Å². The van der Waals surface area contributed by atoms with Gasteiger partial charge in [-0.05, 0) is 31.4 Å². The average Bonchev–Trinajstić information content (AvgIpc) is 2.40. The third-order valence-electron chi connectivity index (χ3n) is 3.06. The molecule has 1 atom stereocenters. The van der Waals surface area contributed by atoms with Crippen LogP contribution in [0.3, 0.4) is 0 Å². The number of halogens is 3. The van der Waals surface area contributed by atoms with Crippen molar-refractivity contribution >= 4 is 46.4 Å². The molecule has 1 aromatic carbocycles. The summed E-state index contributed by atoms with van der Waals surface area (Å²) in [6, 6.07) is 9.24. The van der Waals surface area contributed by atoms with Crippen molar-refractivity contribution in [1.82, 2.24) is 0 Å². The van der Waals surface area contributed by atoms with Gasteiger partial charge in [0.15, 0.2) is 0 Å². The van der Waals surface area contributed by atoms with Crippen molar-refractivity contribution < 1.29 is 4.79 Å². The Hall–Kier alpha value is -0.700. The second-order valence-electron chi connectivity index (χ2n) is 4.43. The van der Waals surface area contributed by atoms with Gasteiger partial charge in [0.2, 0.25) is 0 Å². The highest BCUT2D eigenvalue weighted by atomic mass is 35.6. The van der Waals surface area contributed by atoms with Gasteiger partial charge in [0.05, 0.1) is 6.04 Å². The van der Waals surface area contributed by atoms with Crippen LogP contribution >= 0.6 is 34.8 Å². The third kappa shape index (κ3) is 3.65. The molecule has 1 unspecified atom stereocenters. The number of nitrogens with zero attached hydrogens (tertiary/aromatic N) is 1. The highest BCUT2D eigenvalue weighted by Crippen LogP contribution is 2.33. The van der Waals surface area contributed by atoms with Gasteiger partial charge in [0.1, 0.15) is 0 Å². The first-order valence-corrected chi connectivity index (χ1v) is 7.25. The van der Waals surface area contributed by atoms with Gasteiger partial charge in [0, 0.05) is 5.69 Å². The summed E-state index contributed by atoms with van der Waals surface area (Å²) in [5.41, 5.74) is 0.746. The van der Waals surface area contributed by atoms with Crippen molar-refractivity contribution in [2.75, 3.05) is 4.90 Å². The summed E-state index contributed by atoms with van der Waals surface area (Å²) in [6.07, 6.45) is 7.00. The average molecular weight is 319 g/mol. The van der Waals surface area contributed by atoms with Gasteiger partial charge >= 0.3 is 0 Å². The predicted octanol–water partition coefficient (Wildman–Crippen LogP) is 4.50. The molecule has 2 nitrogen and oxygen atoms in total. The molecular weight excluding hydrogens is 305 g/mol. The molecule has 1 aliphatic carbocycles. The van der Waals surface area contributed by atoms with Crippen molar-refractivity contribution in [3.05, 3.63) is 42.5 Å². The smallest absolute Gasteiger partial charge is 0.279 e. The first-order valence-electron chi connectivity index (χ1n) is 6.12. The van der Waals surface area contributed by atoms with Crippen molar-refractivity contribution in [1.29, 1.82) is 0 Å². The Kier molecular flexibility index (Phi) is 4.77. The van der Waals surface area contributed by atoms with E-state index in [0.717, 1.165) is 24.9 Å². The second-order valence-corrected chi connectivity index (χ2v) is 6.72. The standard InChI is InChI=1S/C14H14Cl3NO/c15-14(16,17)13(19)18(11-7-3-1-4-8-11)12-9-5-2-6-10-12/h1,3-5,7-9,12H,2,6,10H2. The van der Waals surface area contributed by atoms with Crippen LogP contribution in [-0.4, -0.2) is 15.7 Å². The summed E-state index contributed by atoms with van der Waals surface area (Å²) < 4.78 is -1.94. The van der Waals surface area contributed by atoms with E-state index in [9.17, 15) is 4.79 Å². The van der Waals surface area contributed by atoms with Gasteiger partial charge in [-0.25, -0.2) is 0 Å². The van der Waals surface area contributed by atoms with E-state index in [1.165, 1.54) is 0 Å². The second kappa shape index (κ2) is 6.17. The molecule has 1 amide bonds. The number of anilines is 1. The molecule has 0 saturated heterocycles. The Bertz CT molecular complexity index is 467. The van der Waals surface area contributed by atoms with Crippen LogP contribution in [0.15, 0.2) is 42.5 Å². The van der Waals surface area contributed by atoms with E-state index in [-0.39, 0.29) is 6.04 Å². The molecule has 2 rings (SSSR count). The van der Waals surface area contributed by atoms with E-state index in [2.05, 4.69) is 6.08 Å². The summed E-state index contributed by atoms with van der Waals surface area (Å²) in [4.78, 5) is 13.9. The minimum Gasteiger partial charge on any atom is -0.302 e. The largest absolute Gasteiger partial charge is 0.302 e. The zero-order valence-corrected chi connectivity index (χ0v) is 12.5. The van der Waals surface area contributed by atoms with Gasteiger partial charge in [0.25, 0.3) is 9.70 Å². The molecular formula is C14H14Cl3NO. The molecule has 0 saturated carbocycles. The Morgan fingerprint density at radius 2 is 1.89 bits per heavy atom. The van der Waals surface area contributed by atoms with Gasteiger partial charge < -0.3 is 4.90 Å². The first-order chi connectivity index (χ1) is 9.00. The van der Waals surface area contributed by atoms with Crippen molar-refractivity contribution in [3.8, 4) is 0 Å². The summed E-state index contributed by atoms with van der Waals surface area (Å²) in [5, 5.41) is 0. The van der Waals surface area contributed by atoms with E-state index in [1.807, 2.05) is 36.4 Å². The molecule has 0 radical (unpaired) electrons. The van der Waals surface area contributed by atoms with Gasteiger partial charge in [-0.2, -0.15) is 0 Å². The Balaban J connectivity index is 2.36. The lowest BCUT2D eigenvalue weighted by Crippen LogP contribution is -2.46. The van der Waals surface area contributed by atoms with Crippen LogP contribution in [0.25, 0.3) is 0 Å². The van der Waals surface area contributed by atoms with Crippen LogP contribution in [0.2, 0.25) is 0 Å². The van der Waals surface area contributed by atoms with Crippen LogP contribution in [-0.2, 0) is 4.79 Å². The fourth-order valence-electron chi connectivity index (χ4n) is 2.19. The minimum absolute atomic E-state index is 0.0562. The van der Waals surface area contributed by atoms with Crippen LogP contribution in [0.4, 0.5) is 5.69 Å². The normalized spacial score (nSPS) is 19.2. The van der Waals surface area contributed by atoms with E-state index in [4.69, 9.17) is 34.8 Å². The van der Waals surface area contributed by atoms with E-state index < -0.39 is 9.70 Å². The SMILES string of the molecule is O=C(N(c1ccccc1)C1C=CCCC1)C(Cl)(Cl)Cl. The Morgan fingerprint density at radius 3 is 2.42 bits per heavy atom. The lowest BCUT2D eigenvalue weighted by molar-refractivity contribution is -0.118. The maximum atomic E-state index is 12.4. The lowest BCUT2D eigenvalue weighted by atomic mass is 10.0. The van der Waals surface area contributed by atoms with Crippen molar-refractivity contribution in [3.63, 3.8) is 0 Å². The third-order valence-corrected chi connectivity index (χ3v) is 3.54. The van der Waals surface area contributed by atoms with Crippen molar-refractivity contribution in [2.24, 2.45) is 0 Å². The number of hydrogen-bond acceptors (Lipinski definition) is 1. The molecule has 0 spiro atoms. The molecule has 0 aromatic heterocycles. The van der Waals surface area contributed by atoms with Crippen LogP contribution in [0.5, 0.6) is 0 Å². The fourth-order valence-corrected chi connectivity index (χ4v) is 2.47. The number of amides is 1. The summed E-state index contributed by atoms with van der Waals surface area (Å²) in [7, 11) is 0. The summed E-state index contributed by atoms with van der Waals surface area (Å²) >= 11 is 17.3. The monoisotopic (exact) mass is 317 g/mol. The quantitative estimate of drug-likeness (QED) is 0.581. The number of carbonyl (C=O) groups is 1. The number of hydrogen-bond donors (Lipinski definition) is 0. The highest BCUT2D eigenvalue weighted by molar-refractivity contribution is 6.77. The van der Waals surface area contributed by atoms with E-state index >= 15 is 0 Å². The summed E-state index contributed by atoms with van der Waals surface area (Å²) in [6.45, 7) is 0. The van der Waals surface area contributed by atoms with Gasteiger partial charge in [-0.1, -0.05) is 65.2 Å². The lowest BCUT2D eigenvalue weighted by Gasteiger charge is -2.33. The number of benzene rings is 1. The first kappa shape index (κ1) is 14.7. The molecule has 0 bridgehead atoms. The van der Waals surface area contributed by atoms with Crippen LogP contribution < -0.4 is 4.90 Å². The maximum Gasteiger partial charge on any atom is 0.279 e. The minimum atomic E-state index is -1.94. The predicted molar refractivity (Wildman–Crippen MR) is 81.0 cm³/mol. The number of carbonyl (C=O) groups excluding carboxylic acids is 1. The van der Waals surface area contributed by atoms with Gasteiger partial charge in [-0.15, -0.1) is 0 Å². The molecule has 1 aliphatic rings. The van der Waals surface area contributed by atoms with Crippen LogP contribution in [0.1, 0.15) is 19.3 Å². The number of allylic oxidation sites excluding steroid dienone is 1. The number of alkyl halides is 3. The van der Waals surface area contributed by atoms with Crippen LogP contribution in [0, 0.1) is 0 Å². The zero-order chi connectivity index (χ0) is 13.9. The molecule has 5 heteroatoms. The Morgan fingerprint density at radius 1 is 1.21 bits per heavy atom. The summed E-state index contributed by atoms with van der Waals surface area (Å²) in [5.74, 6) is -0.514. The van der Waals surface area contributed by atoms with Crippen molar-refractivity contribution in [2.45, 2.75) is 29.1 Å². The highest BCUT2D eigenvalue weighted by Gasteiger charge is 2.38. The molecule has 0 heterocycles. The molecule has 0 N–H and O–H groups in total. The number of rotatable bonds is 2. The van der Waals surface area contributed by atoms with Gasteiger partial charge in [-0.3, -0.25) is 4.79 Å². The Labute approximate surface area is 127 Å². The molecule has 0 fully saturated rings. The zero-order valence-electron chi connectivity index (χ0n) is 10.2. The topological polar surface area (TPSA) is 20.3 Å². The number of para-hydroxylation sites is 1. The maximum absolute atomic E-state index is 12.4. The fraction of sp³-hybridized carbons (Fsp3) is 0.357. The van der Waals surface area contributed by atoms with E-state index in [1.54, 1.807) is 4.90 Å². The molecule has 1 aromatic rings.